The monoisotopic (exact) mass is 306 g/mol. The van der Waals surface area contributed by atoms with Gasteiger partial charge in [-0.25, -0.2) is 4.79 Å². The van der Waals surface area contributed by atoms with E-state index in [-0.39, 0.29) is 12.1 Å². The van der Waals surface area contributed by atoms with Gasteiger partial charge in [-0.1, -0.05) is 0 Å². The van der Waals surface area contributed by atoms with Gasteiger partial charge in [0.1, 0.15) is 5.60 Å². The average molecular weight is 306 g/mol. The molecule has 1 fully saturated rings. The van der Waals surface area contributed by atoms with Gasteiger partial charge in [0.05, 0.1) is 5.69 Å². The van der Waals surface area contributed by atoms with E-state index in [0.29, 0.717) is 6.54 Å². The standard InChI is InChI=1S/C16H26N4O2/c1-12-8-9-14(18-17-12)19(5)13-7-6-10-20(11-13)15(21)22-16(2,3)4/h8-9,13H,6-7,10-11H2,1-5H3/t13-/m1/s1. The van der Waals surface area contributed by atoms with Crippen LogP contribution in [-0.4, -0.2) is 53.0 Å². The highest BCUT2D eigenvalue weighted by molar-refractivity contribution is 5.68. The largest absolute Gasteiger partial charge is 0.444 e. The predicted octanol–water partition coefficient (Wildman–Crippen LogP) is 2.62. The number of amides is 1. The minimum absolute atomic E-state index is 0.235. The van der Waals surface area contributed by atoms with Crippen molar-refractivity contribution in [1.82, 2.24) is 15.1 Å². The van der Waals surface area contributed by atoms with Gasteiger partial charge in [-0.3, -0.25) is 0 Å². The van der Waals surface area contributed by atoms with Gasteiger partial charge in [0, 0.05) is 26.2 Å². The quantitative estimate of drug-likeness (QED) is 0.840. The van der Waals surface area contributed by atoms with E-state index in [1.807, 2.05) is 46.9 Å². The summed E-state index contributed by atoms with van der Waals surface area (Å²) in [6.07, 6.45) is 1.76. The Balaban J connectivity index is 2.00. The van der Waals surface area contributed by atoms with Crippen molar-refractivity contribution < 1.29 is 9.53 Å². The minimum Gasteiger partial charge on any atom is -0.444 e. The Bertz CT molecular complexity index is 510. The van der Waals surface area contributed by atoms with E-state index in [4.69, 9.17) is 4.74 Å². The number of nitrogens with zero attached hydrogens (tertiary/aromatic N) is 4. The molecule has 2 rings (SSSR count). The van der Waals surface area contributed by atoms with Gasteiger partial charge in [-0.15, -0.1) is 5.10 Å². The molecule has 1 saturated heterocycles. The number of rotatable bonds is 2. The molecule has 0 saturated carbocycles. The van der Waals surface area contributed by atoms with Crippen LogP contribution in [0.1, 0.15) is 39.3 Å². The molecule has 1 aliphatic rings. The number of likely N-dealkylation sites (N-methyl/N-ethyl adjacent to an activating group) is 1. The van der Waals surface area contributed by atoms with Gasteiger partial charge in [0.15, 0.2) is 5.82 Å². The molecular weight excluding hydrogens is 280 g/mol. The molecule has 1 amide bonds. The molecule has 1 aliphatic heterocycles. The molecule has 0 unspecified atom stereocenters. The second-order valence-corrected chi connectivity index (χ2v) is 6.87. The summed E-state index contributed by atoms with van der Waals surface area (Å²) in [5.41, 5.74) is 0.439. The number of carbonyl (C=O) groups excluding carboxylic acids is 1. The summed E-state index contributed by atoms with van der Waals surface area (Å²) in [7, 11) is 2.00. The van der Waals surface area contributed by atoms with E-state index in [1.165, 1.54) is 0 Å². The van der Waals surface area contributed by atoms with E-state index in [9.17, 15) is 4.79 Å². The molecule has 0 aromatic carbocycles. The number of anilines is 1. The maximum Gasteiger partial charge on any atom is 0.410 e. The predicted molar refractivity (Wildman–Crippen MR) is 86.0 cm³/mol. The van der Waals surface area contributed by atoms with Crippen molar-refractivity contribution in [2.75, 3.05) is 25.0 Å². The van der Waals surface area contributed by atoms with Crippen LogP contribution < -0.4 is 4.90 Å². The van der Waals surface area contributed by atoms with Crippen LogP contribution in [0.25, 0.3) is 0 Å². The fraction of sp³-hybridized carbons (Fsp3) is 0.688. The molecule has 6 heteroatoms. The van der Waals surface area contributed by atoms with Crippen LogP contribution in [-0.2, 0) is 4.74 Å². The second kappa shape index (κ2) is 6.50. The van der Waals surface area contributed by atoms with Crippen molar-refractivity contribution in [3.8, 4) is 0 Å². The van der Waals surface area contributed by atoms with Crippen LogP contribution in [0.15, 0.2) is 12.1 Å². The molecule has 122 valence electrons. The smallest absolute Gasteiger partial charge is 0.410 e. The Kier molecular flexibility index (Phi) is 4.88. The molecule has 22 heavy (non-hydrogen) atoms. The molecular formula is C16H26N4O2. The first-order valence-corrected chi connectivity index (χ1v) is 7.77. The zero-order valence-corrected chi connectivity index (χ0v) is 14.2. The molecule has 0 radical (unpaired) electrons. The first-order valence-electron chi connectivity index (χ1n) is 7.77. The lowest BCUT2D eigenvalue weighted by Crippen LogP contribution is -2.50. The molecule has 0 spiro atoms. The maximum absolute atomic E-state index is 12.2. The van der Waals surface area contributed by atoms with Crippen LogP contribution >= 0.6 is 0 Å². The summed E-state index contributed by atoms with van der Waals surface area (Å²) in [5, 5.41) is 8.32. The highest BCUT2D eigenvalue weighted by Crippen LogP contribution is 2.21. The lowest BCUT2D eigenvalue weighted by Gasteiger charge is -2.38. The van der Waals surface area contributed by atoms with E-state index < -0.39 is 5.60 Å². The highest BCUT2D eigenvalue weighted by atomic mass is 16.6. The number of ether oxygens (including phenoxy) is 1. The number of likely N-dealkylation sites (tertiary alicyclic amines) is 1. The molecule has 6 nitrogen and oxygen atoms in total. The number of piperidine rings is 1. The average Bonchev–Trinajstić information content (AvgIpc) is 2.46. The Labute approximate surface area is 132 Å². The van der Waals surface area contributed by atoms with E-state index >= 15 is 0 Å². The lowest BCUT2D eigenvalue weighted by molar-refractivity contribution is 0.0199. The Morgan fingerprint density at radius 1 is 1.36 bits per heavy atom. The number of carbonyl (C=O) groups is 1. The van der Waals surface area contributed by atoms with Crippen molar-refractivity contribution in [1.29, 1.82) is 0 Å². The molecule has 1 atom stereocenters. The molecule has 0 bridgehead atoms. The number of aromatic nitrogens is 2. The van der Waals surface area contributed by atoms with Gasteiger partial charge in [0.25, 0.3) is 0 Å². The first-order chi connectivity index (χ1) is 10.3. The van der Waals surface area contributed by atoms with Crippen molar-refractivity contribution >= 4 is 11.9 Å². The number of aryl methyl sites for hydroxylation is 1. The maximum atomic E-state index is 12.2. The number of hydrogen-bond donors (Lipinski definition) is 0. The van der Waals surface area contributed by atoms with Crippen molar-refractivity contribution in [2.24, 2.45) is 0 Å². The second-order valence-electron chi connectivity index (χ2n) is 6.87. The first kappa shape index (κ1) is 16.5. The summed E-state index contributed by atoms with van der Waals surface area (Å²) in [6, 6.07) is 4.15. The third kappa shape index (κ3) is 4.32. The van der Waals surface area contributed by atoms with E-state index in [1.54, 1.807) is 4.90 Å². The number of hydrogen-bond acceptors (Lipinski definition) is 5. The van der Waals surface area contributed by atoms with Gasteiger partial charge in [0.2, 0.25) is 0 Å². The molecule has 1 aromatic rings. The zero-order valence-electron chi connectivity index (χ0n) is 14.2. The van der Waals surface area contributed by atoms with E-state index in [0.717, 1.165) is 30.9 Å². The Hall–Kier alpha value is -1.85. The van der Waals surface area contributed by atoms with Crippen molar-refractivity contribution in [3.05, 3.63) is 17.8 Å². The van der Waals surface area contributed by atoms with Gasteiger partial charge in [-0.05, 0) is 52.7 Å². The zero-order chi connectivity index (χ0) is 16.3. The van der Waals surface area contributed by atoms with Crippen LogP contribution in [0.3, 0.4) is 0 Å². The van der Waals surface area contributed by atoms with Gasteiger partial charge in [-0.2, -0.15) is 5.10 Å². The normalized spacial score (nSPS) is 19.0. The van der Waals surface area contributed by atoms with Crippen LogP contribution in [0.5, 0.6) is 0 Å². The highest BCUT2D eigenvalue weighted by Gasteiger charge is 2.29. The topological polar surface area (TPSA) is 58.6 Å². The molecule has 2 heterocycles. The summed E-state index contributed by atoms with van der Waals surface area (Å²) >= 11 is 0. The molecule has 0 aliphatic carbocycles. The van der Waals surface area contributed by atoms with Crippen LogP contribution in [0.4, 0.5) is 10.6 Å². The Morgan fingerprint density at radius 3 is 2.68 bits per heavy atom. The summed E-state index contributed by atoms with van der Waals surface area (Å²) in [6.45, 7) is 8.99. The fourth-order valence-corrected chi connectivity index (χ4v) is 2.53. The minimum atomic E-state index is -0.460. The summed E-state index contributed by atoms with van der Waals surface area (Å²) < 4.78 is 5.47. The van der Waals surface area contributed by atoms with Gasteiger partial charge < -0.3 is 14.5 Å². The third-order valence-corrected chi connectivity index (χ3v) is 3.74. The third-order valence-electron chi connectivity index (χ3n) is 3.74. The van der Waals surface area contributed by atoms with Crippen LogP contribution in [0.2, 0.25) is 0 Å². The van der Waals surface area contributed by atoms with Crippen LogP contribution in [0, 0.1) is 6.92 Å². The SMILES string of the molecule is Cc1ccc(N(C)[C@@H]2CCCN(C(=O)OC(C)(C)C)C2)nn1. The lowest BCUT2D eigenvalue weighted by atomic mass is 10.0. The fourth-order valence-electron chi connectivity index (χ4n) is 2.53. The Morgan fingerprint density at radius 2 is 2.09 bits per heavy atom. The van der Waals surface area contributed by atoms with Gasteiger partial charge >= 0.3 is 6.09 Å². The summed E-state index contributed by atoms with van der Waals surface area (Å²) in [4.78, 5) is 16.1. The molecule has 0 N–H and O–H groups in total. The van der Waals surface area contributed by atoms with E-state index in [2.05, 4.69) is 15.1 Å². The molecule has 1 aromatic heterocycles. The van der Waals surface area contributed by atoms with Crippen molar-refractivity contribution in [2.45, 2.75) is 52.2 Å². The van der Waals surface area contributed by atoms with Crippen molar-refractivity contribution in [3.63, 3.8) is 0 Å². The summed E-state index contributed by atoms with van der Waals surface area (Å²) in [5.74, 6) is 0.835.